The van der Waals surface area contributed by atoms with E-state index in [9.17, 15) is 26.7 Å². The average Bonchev–Trinajstić information content (AvgIpc) is 3.25. The minimum Gasteiger partial charge on any atom is -0.481 e. The topological polar surface area (TPSA) is 104 Å². The number of alkyl halides is 4. The smallest absolute Gasteiger partial charge is 0.481 e. The zero-order valence-electron chi connectivity index (χ0n) is 17.0. The standard InChI is InChI=1S/C18H21F2N3O2.C2HF3O2/c1-12-14(10-23(22-12)16-4-2-3-15(19)7-16)9-21-11-18(20)6-5-13(8-18)17(24)25;3-2(4,5)1(6)7/h2-4,7,10,13,21H,5-6,8-9,11H2,1H3,(H,24,25);(H,6,7)/t13-,18-;/m1./s1. The van der Waals surface area contributed by atoms with Gasteiger partial charge >= 0.3 is 18.1 Å². The van der Waals surface area contributed by atoms with Crippen LogP contribution in [-0.2, 0) is 16.1 Å². The first kappa shape index (κ1) is 25.2. The fourth-order valence-corrected chi connectivity index (χ4v) is 3.29. The molecule has 1 aromatic carbocycles. The zero-order valence-corrected chi connectivity index (χ0v) is 17.0. The number of halogens is 5. The summed E-state index contributed by atoms with van der Waals surface area (Å²) >= 11 is 0. The SMILES string of the molecule is Cc1nn(-c2cccc(F)c2)cc1CNC[C@@]1(F)CC[C@@H](C(=O)O)C1.O=C(O)C(F)(F)F. The molecule has 0 spiro atoms. The Balaban J connectivity index is 0.000000451. The molecular formula is C20H22F5N3O4. The number of aryl methyl sites for hydroxylation is 1. The molecule has 1 fully saturated rings. The first-order valence-corrected chi connectivity index (χ1v) is 9.54. The summed E-state index contributed by atoms with van der Waals surface area (Å²) in [5.74, 6) is -4.61. The summed E-state index contributed by atoms with van der Waals surface area (Å²) in [4.78, 5) is 19.9. The summed E-state index contributed by atoms with van der Waals surface area (Å²) in [5.41, 5.74) is 0.812. The highest BCUT2D eigenvalue weighted by atomic mass is 19.4. The van der Waals surface area contributed by atoms with Crippen molar-refractivity contribution in [3.63, 3.8) is 0 Å². The fourth-order valence-electron chi connectivity index (χ4n) is 3.29. The maximum atomic E-state index is 14.7. The van der Waals surface area contributed by atoms with Gasteiger partial charge in [-0.1, -0.05) is 6.07 Å². The van der Waals surface area contributed by atoms with Crippen molar-refractivity contribution in [1.82, 2.24) is 15.1 Å². The van der Waals surface area contributed by atoms with E-state index in [1.165, 1.54) is 12.1 Å². The van der Waals surface area contributed by atoms with Crippen molar-refractivity contribution in [3.8, 4) is 5.69 Å². The first-order valence-electron chi connectivity index (χ1n) is 9.54. The lowest BCUT2D eigenvalue weighted by Crippen LogP contribution is -2.34. The van der Waals surface area contributed by atoms with Crippen molar-refractivity contribution in [2.45, 2.75) is 44.6 Å². The Kier molecular flexibility index (Phi) is 7.94. The molecule has 1 aromatic heterocycles. The molecule has 7 nitrogen and oxygen atoms in total. The van der Waals surface area contributed by atoms with Gasteiger partial charge in [-0.3, -0.25) is 4.79 Å². The van der Waals surface area contributed by atoms with Crippen LogP contribution in [0.15, 0.2) is 30.5 Å². The van der Waals surface area contributed by atoms with Crippen LogP contribution < -0.4 is 5.32 Å². The van der Waals surface area contributed by atoms with Gasteiger partial charge < -0.3 is 15.5 Å². The van der Waals surface area contributed by atoms with E-state index in [0.717, 1.165) is 11.3 Å². The van der Waals surface area contributed by atoms with Crippen molar-refractivity contribution in [1.29, 1.82) is 0 Å². The molecule has 0 amide bonds. The van der Waals surface area contributed by atoms with E-state index in [0.29, 0.717) is 18.7 Å². The molecule has 1 saturated carbocycles. The lowest BCUT2D eigenvalue weighted by molar-refractivity contribution is -0.192. The van der Waals surface area contributed by atoms with Crippen LogP contribution in [0.2, 0.25) is 0 Å². The van der Waals surface area contributed by atoms with Crippen LogP contribution in [0.4, 0.5) is 22.0 Å². The molecule has 2 aromatic rings. The molecule has 0 unspecified atom stereocenters. The Morgan fingerprint density at radius 3 is 2.50 bits per heavy atom. The van der Waals surface area contributed by atoms with Crippen molar-refractivity contribution < 1.29 is 41.8 Å². The number of benzene rings is 1. The van der Waals surface area contributed by atoms with Crippen LogP contribution in [0.3, 0.4) is 0 Å². The van der Waals surface area contributed by atoms with Gasteiger partial charge in [-0.2, -0.15) is 18.3 Å². The molecular weight excluding hydrogens is 441 g/mol. The number of nitrogens with one attached hydrogen (secondary N) is 1. The fraction of sp³-hybridized carbons (Fsp3) is 0.450. The molecule has 0 aliphatic heterocycles. The molecule has 176 valence electrons. The van der Waals surface area contributed by atoms with E-state index < -0.39 is 29.7 Å². The molecule has 2 atom stereocenters. The maximum Gasteiger partial charge on any atom is 0.490 e. The molecule has 0 radical (unpaired) electrons. The number of aliphatic carboxylic acids is 2. The molecule has 3 N–H and O–H groups in total. The highest BCUT2D eigenvalue weighted by Gasteiger charge is 2.42. The lowest BCUT2D eigenvalue weighted by Gasteiger charge is -2.19. The number of aromatic nitrogens is 2. The third-order valence-corrected chi connectivity index (χ3v) is 4.98. The Hall–Kier alpha value is -3.02. The Labute approximate surface area is 179 Å². The van der Waals surface area contributed by atoms with Crippen LogP contribution in [0.25, 0.3) is 5.69 Å². The molecule has 1 aliphatic carbocycles. The number of carbonyl (C=O) groups is 2. The molecule has 0 bridgehead atoms. The summed E-state index contributed by atoms with van der Waals surface area (Å²) in [7, 11) is 0. The Bertz CT molecular complexity index is 963. The summed E-state index contributed by atoms with van der Waals surface area (Å²) in [6.45, 7) is 2.37. The monoisotopic (exact) mass is 463 g/mol. The molecule has 32 heavy (non-hydrogen) atoms. The Morgan fingerprint density at radius 1 is 1.31 bits per heavy atom. The number of hydrogen-bond acceptors (Lipinski definition) is 4. The summed E-state index contributed by atoms with van der Waals surface area (Å²) in [6.07, 6.45) is -2.60. The van der Waals surface area contributed by atoms with Crippen LogP contribution >= 0.6 is 0 Å². The average molecular weight is 463 g/mol. The molecule has 0 saturated heterocycles. The number of rotatable bonds is 6. The normalized spacial score (nSPS) is 20.5. The highest BCUT2D eigenvalue weighted by molar-refractivity contribution is 5.73. The van der Waals surface area contributed by atoms with Gasteiger partial charge in [-0.25, -0.2) is 18.3 Å². The zero-order chi connectivity index (χ0) is 24.1. The van der Waals surface area contributed by atoms with Crippen LogP contribution in [0.5, 0.6) is 0 Å². The maximum absolute atomic E-state index is 14.7. The van der Waals surface area contributed by atoms with E-state index in [4.69, 9.17) is 15.0 Å². The first-order chi connectivity index (χ1) is 14.8. The minimum atomic E-state index is -5.08. The summed E-state index contributed by atoms with van der Waals surface area (Å²) in [5, 5.41) is 23.5. The molecule has 3 rings (SSSR count). The van der Waals surface area contributed by atoms with Gasteiger partial charge in [-0.15, -0.1) is 0 Å². The molecule has 12 heteroatoms. The lowest BCUT2D eigenvalue weighted by atomic mass is 10.0. The van der Waals surface area contributed by atoms with Crippen LogP contribution in [0, 0.1) is 18.7 Å². The second kappa shape index (κ2) is 10.1. The number of nitrogens with zero attached hydrogens (tertiary/aromatic N) is 2. The third kappa shape index (κ3) is 7.01. The summed E-state index contributed by atoms with van der Waals surface area (Å²) < 4.78 is 61.3. The van der Waals surface area contributed by atoms with Crippen LogP contribution in [-0.4, -0.2) is 50.3 Å². The predicted molar refractivity (Wildman–Crippen MR) is 102 cm³/mol. The number of carboxylic acid groups (broad SMARTS) is 2. The molecule has 1 heterocycles. The number of hydrogen-bond donors (Lipinski definition) is 3. The van der Waals surface area contributed by atoms with Crippen molar-refractivity contribution in [2.24, 2.45) is 5.92 Å². The van der Waals surface area contributed by atoms with Crippen molar-refractivity contribution in [3.05, 3.63) is 47.5 Å². The second-order valence-electron chi connectivity index (χ2n) is 7.50. The van der Waals surface area contributed by atoms with Gasteiger partial charge in [0, 0.05) is 24.8 Å². The minimum absolute atomic E-state index is 0.0524. The summed E-state index contributed by atoms with van der Waals surface area (Å²) in [6, 6.07) is 6.14. The third-order valence-electron chi connectivity index (χ3n) is 4.98. The van der Waals surface area contributed by atoms with E-state index >= 15 is 0 Å². The quantitative estimate of drug-likeness (QED) is 0.566. The van der Waals surface area contributed by atoms with Crippen molar-refractivity contribution in [2.75, 3.05) is 6.54 Å². The van der Waals surface area contributed by atoms with Crippen LogP contribution in [0.1, 0.15) is 30.5 Å². The van der Waals surface area contributed by atoms with Crippen molar-refractivity contribution >= 4 is 11.9 Å². The Morgan fingerprint density at radius 2 is 1.97 bits per heavy atom. The van der Waals surface area contributed by atoms with E-state index in [2.05, 4.69) is 10.4 Å². The molecule has 1 aliphatic rings. The van der Waals surface area contributed by atoms with Gasteiger partial charge in [0.25, 0.3) is 0 Å². The van der Waals surface area contributed by atoms with Gasteiger partial charge in [0.15, 0.2) is 0 Å². The highest BCUT2D eigenvalue weighted by Crippen LogP contribution is 2.37. The second-order valence-corrected chi connectivity index (χ2v) is 7.50. The predicted octanol–water partition coefficient (Wildman–Crippen LogP) is 3.64. The van der Waals surface area contributed by atoms with E-state index in [-0.39, 0.29) is 25.2 Å². The van der Waals surface area contributed by atoms with Gasteiger partial charge in [0.2, 0.25) is 0 Å². The van der Waals surface area contributed by atoms with Gasteiger partial charge in [-0.05, 0) is 44.4 Å². The van der Waals surface area contributed by atoms with Gasteiger partial charge in [0.05, 0.1) is 17.3 Å². The largest absolute Gasteiger partial charge is 0.490 e. The van der Waals surface area contributed by atoms with Gasteiger partial charge in [0.1, 0.15) is 11.5 Å². The number of carboxylic acids is 2. The van der Waals surface area contributed by atoms with E-state index in [1.54, 1.807) is 23.0 Å². The van der Waals surface area contributed by atoms with E-state index in [1.807, 2.05) is 6.92 Å².